The molecule has 0 aliphatic heterocycles. The minimum atomic E-state index is 0.00651. The summed E-state index contributed by atoms with van der Waals surface area (Å²) in [5.41, 5.74) is 9.36. The van der Waals surface area contributed by atoms with Gasteiger partial charge in [-0.05, 0) is 43.5 Å². The average molecular weight is 282 g/mol. The van der Waals surface area contributed by atoms with Crippen LogP contribution in [0.1, 0.15) is 29.3 Å². The average Bonchev–Trinajstić information content (AvgIpc) is 2.48. The smallest absolute Gasteiger partial charge is 0.161 e. The van der Waals surface area contributed by atoms with Gasteiger partial charge in [0.2, 0.25) is 0 Å². The lowest BCUT2D eigenvalue weighted by molar-refractivity contribution is 0.101. The molecular formula is C18H22N2O. The van der Waals surface area contributed by atoms with Crippen LogP contribution in [-0.4, -0.2) is 19.4 Å². The molecule has 2 rings (SSSR count). The first kappa shape index (κ1) is 15.1. The zero-order chi connectivity index (χ0) is 15.2. The summed E-state index contributed by atoms with van der Waals surface area (Å²) in [6.07, 6.45) is 2.13. The van der Waals surface area contributed by atoms with Gasteiger partial charge in [-0.3, -0.25) is 4.79 Å². The number of benzene rings is 2. The molecule has 0 aliphatic carbocycles. The summed E-state index contributed by atoms with van der Waals surface area (Å²) < 4.78 is 0. The molecule has 2 aromatic carbocycles. The Balaban J connectivity index is 1.96. The molecule has 3 heteroatoms. The monoisotopic (exact) mass is 282 g/mol. The summed E-state index contributed by atoms with van der Waals surface area (Å²) in [7, 11) is 2.04. The molecule has 0 atom stereocenters. The zero-order valence-electron chi connectivity index (χ0n) is 12.7. The van der Waals surface area contributed by atoms with Crippen molar-refractivity contribution in [3.63, 3.8) is 0 Å². The van der Waals surface area contributed by atoms with Crippen LogP contribution in [0.25, 0.3) is 0 Å². The number of anilines is 2. The van der Waals surface area contributed by atoms with E-state index in [1.54, 1.807) is 13.0 Å². The van der Waals surface area contributed by atoms with Crippen LogP contribution < -0.4 is 10.6 Å². The highest BCUT2D eigenvalue weighted by Gasteiger charge is 2.08. The number of nitrogens with two attached hydrogens (primary N) is 1. The third-order valence-corrected chi connectivity index (χ3v) is 3.66. The lowest BCUT2D eigenvalue weighted by atomic mass is 10.1. The maximum absolute atomic E-state index is 11.5. The van der Waals surface area contributed by atoms with E-state index in [2.05, 4.69) is 29.2 Å². The number of nitrogens with zero attached hydrogens (tertiary/aromatic N) is 1. The molecule has 0 radical (unpaired) electrons. The normalized spacial score (nSPS) is 10.4. The van der Waals surface area contributed by atoms with E-state index in [1.807, 2.05) is 25.2 Å². The second-order valence-electron chi connectivity index (χ2n) is 5.34. The molecule has 3 nitrogen and oxygen atoms in total. The van der Waals surface area contributed by atoms with Gasteiger partial charge in [0, 0.05) is 30.5 Å². The Bertz CT molecular complexity index is 608. The van der Waals surface area contributed by atoms with Crippen molar-refractivity contribution in [1.29, 1.82) is 0 Å². The molecule has 21 heavy (non-hydrogen) atoms. The summed E-state index contributed by atoms with van der Waals surface area (Å²) >= 11 is 0. The van der Waals surface area contributed by atoms with Gasteiger partial charge in [0.05, 0.1) is 0 Å². The van der Waals surface area contributed by atoms with Crippen molar-refractivity contribution in [3.05, 3.63) is 59.7 Å². The minimum Gasteiger partial charge on any atom is -0.398 e. The lowest BCUT2D eigenvalue weighted by Crippen LogP contribution is -2.19. The Morgan fingerprint density at radius 1 is 1.14 bits per heavy atom. The molecule has 0 saturated carbocycles. The second-order valence-corrected chi connectivity index (χ2v) is 5.34. The molecule has 0 amide bonds. The Morgan fingerprint density at radius 3 is 2.52 bits per heavy atom. The first-order valence-electron chi connectivity index (χ1n) is 7.23. The lowest BCUT2D eigenvalue weighted by Gasteiger charge is -2.20. The van der Waals surface area contributed by atoms with E-state index in [1.165, 1.54) is 5.56 Å². The van der Waals surface area contributed by atoms with E-state index < -0.39 is 0 Å². The molecule has 0 aromatic heterocycles. The van der Waals surface area contributed by atoms with Gasteiger partial charge in [-0.2, -0.15) is 0 Å². The molecule has 0 heterocycles. The van der Waals surface area contributed by atoms with Crippen molar-refractivity contribution in [2.75, 3.05) is 24.2 Å². The predicted molar refractivity (Wildman–Crippen MR) is 88.9 cm³/mol. The van der Waals surface area contributed by atoms with Crippen LogP contribution >= 0.6 is 0 Å². The van der Waals surface area contributed by atoms with Crippen molar-refractivity contribution < 1.29 is 4.79 Å². The van der Waals surface area contributed by atoms with Crippen molar-refractivity contribution >= 4 is 17.2 Å². The van der Waals surface area contributed by atoms with Crippen LogP contribution in [0.15, 0.2) is 48.5 Å². The highest BCUT2D eigenvalue weighted by Crippen LogP contribution is 2.21. The molecule has 2 N–H and O–H groups in total. The summed E-state index contributed by atoms with van der Waals surface area (Å²) in [4.78, 5) is 13.7. The Hall–Kier alpha value is -2.29. The van der Waals surface area contributed by atoms with Crippen molar-refractivity contribution in [2.45, 2.75) is 19.8 Å². The summed E-state index contributed by atoms with van der Waals surface area (Å²) in [6, 6.07) is 16.1. The number of aryl methyl sites for hydroxylation is 1. The third-order valence-electron chi connectivity index (χ3n) is 3.66. The molecule has 0 saturated heterocycles. The van der Waals surface area contributed by atoms with Gasteiger partial charge in [-0.1, -0.05) is 30.3 Å². The van der Waals surface area contributed by atoms with E-state index in [0.717, 1.165) is 25.1 Å². The van der Waals surface area contributed by atoms with Crippen LogP contribution in [-0.2, 0) is 6.42 Å². The van der Waals surface area contributed by atoms with Crippen molar-refractivity contribution in [3.8, 4) is 0 Å². The van der Waals surface area contributed by atoms with Crippen LogP contribution in [0.4, 0.5) is 11.4 Å². The quantitative estimate of drug-likeness (QED) is 0.651. The number of ketones is 1. The van der Waals surface area contributed by atoms with E-state index in [0.29, 0.717) is 11.3 Å². The van der Waals surface area contributed by atoms with Crippen LogP contribution in [0.3, 0.4) is 0 Å². The number of nitrogen functional groups attached to an aromatic ring is 1. The summed E-state index contributed by atoms with van der Waals surface area (Å²) in [6.45, 7) is 2.49. The van der Waals surface area contributed by atoms with Gasteiger partial charge in [-0.25, -0.2) is 0 Å². The number of carbonyl (C=O) groups excluding carboxylic acids is 1. The fraction of sp³-hybridized carbons (Fsp3) is 0.278. The summed E-state index contributed by atoms with van der Waals surface area (Å²) in [5, 5.41) is 0. The Labute approximate surface area is 126 Å². The topological polar surface area (TPSA) is 46.3 Å². The largest absolute Gasteiger partial charge is 0.398 e. The van der Waals surface area contributed by atoms with E-state index in [4.69, 9.17) is 5.73 Å². The first-order chi connectivity index (χ1) is 10.1. The number of Topliss-reactive ketones (excluding diaryl/α,β-unsaturated/α-hetero) is 1. The number of rotatable bonds is 6. The zero-order valence-corrected chi connectivity index (χ0v) is 12.7. The van der Waals surface area contributed by atoms with Crippen LogP contribution in [0, 0.1) is 0 Å². The number of hydrogen-bond donors (Lipinski definition) is 1. The molecule has 2 aromatic rings. The summed E-state index contributed by atoms with van der Waals surface area (Å²) in [5.74, 6) is 0.00651. The van der Waals surface area contributed by atoms with Crippen molar-refractivity contribution in [1.82, 2.24) is 0 Å². The molecule has 0 fully saturated rings. The van der Waals surface area contributed by atoms with E-state index in [-0.39, 0.29) is 5.78 Å². The molecular weight excluding hydrogens is 260 g/mol. The third kappa shape index (κ3) is 4.09. The van der Waals surface area contributed by atoms with Crippen molar-refractivity contribution in [2.24, 2.45) is 0 Å². The first-order valence-corrected chi connectivity index (χ1v) is 7.23. The maximum Gasteiger partial charge on any atom is 0.161 e. The van der Waals surface area contributed by atoms with E-state index in [9.17, 15) is 4.79 Å². The molecule has 0 bridgehead atoms. The Kier molecular flexibility index (Phi) is 4.99. The van der Waals surface area contributed by atoms with Gasteiger partial charge in [0.15, 0.2) is 5.78 Å². The van der Waals surface area contributed by atoms with Gasteiger partial charge in [0.1, 0.15) is 0 Å². The maximum atomic E-state index is 11.5. The van der Waals surface area contributed by atoms with Crippen LogP contribution in [0.5, 0.6) is 0 Å². The predicted octanol–water partition coefficient (Wildman–Crippen LogP) is 3.54. The highest BCUT2D eigenvalue weighted by molar-refractivity contribution is 6.00. The standard InChI is InChI=1S/C18H22N2O/c1-14(21)17-13-16(10-11-18(17)19)20(2)12-6-9-15-7-4-3-5-8-15/h3-5,7-8,10-11,13H,6,9,12,19H2,1-2H3. The van der Waals surface area contributed by atoms with Gasteiger partial charge in [-0.15, -0.1) is 0 Å². The van der Waals surface area contributed by atoms with E-state index >= 15 is 0 Å². The fourth-order valence-electron chi connectivity index (χ4n) is 2.38. The van der Waals surface area contributed by atoms with Gasteiger partial charge >= 0.3 is 0 Å². The Morgan fingerprint density at radius 2 is 1.86 bits per heavy atom. The minimum absolute atomic E-state index is 0.00651. The number of hydrogen-bond acceptors (Lipinski definition) is 3. The molecule has 0 aliphatic rings. The highest BCUT2D eigenvalue weighted by atomic mass is 16.1. The van der Waals surface area contributed by atoms with Gasteiger partial charge < -0.3 is 10.6 Å². The van der Waals surface area contributed by atoms with Gasteiger partial charge in [0.25, 0.3) is 0 Å². The molecule has 0 spiro atoms. The van der Waals surface area contributed by atoms with Crippen LogP contribution in [0.2, 0.25) is 0 Å². The number of carbonyl (C=O) groups is 1. The molecule has 0 unspecified atom stereocenters. The second kappa shape index (κ2) is 6.93. The SMILES string of the molecule is CC(=O)c1cc(N(C)CCCc2ccccc2)ccc1N. The molecule has 110 valence electrons. The fourth-order valence-corrected chi connectivity index (χ4v) is 2.38.